The lowest BCUT2D eigenvalue weighted by atomic mass is 10.2. The van der Waals surface area contributed by atoms with E-state index >= 15 is 0 Å². The number of hydrogen-bond acceptors (Lipinski definition) is 2. The molecule has 0 amide bonds. The standard InChI is InChI=1S/C12H26S2Si/c1-5-6-7-9-12(15(2,3)4)13-10-8-11-14-12/h5-11H2,1-4H3. The van der Waals surface area contributed by atoms with Crippen molar-refractivity contribution in [1.29, 1.82) is 0 Å². The fourth-order valence-corrected chi connectivity index (χ4v) is 9.97. The van der Waals surface area contributed by atoms with Crippen LogP contribution in [0.1, 0.15) is 39.0 Å². The summed E-state index contributed by atoms with van der Waals surface area (Å²) in [5.41, 5.74) is 0. The van der Waals surface area contributed by atoms with Crippen LogP contribution in [0.15, 0.2) is 0 Å². The van der Waals surface area contributed by atoms with E-state index in [1.54, 1.807) is 0 Å². The Bertz CT molecular complexity index is 181. The van der Waals surface area contributed by atoms with E-state index in [1.807, 2.05) is 0 Å². The minimum absolute atomic E-state index is 0.639. The van der Waals surface area contributed by atoms with E-state index < -0.39 is 8.07 Å². The average molecular weight is 263 g/mol. The Kier molecular flexibility index (Phi) is 5.61. The zero-order chi connectivity index (χ0) is 11.4. The number of rotatable bonds is 5. The molecule has 0 aromatic heterocycles. The topological polar surface area (TPSA) is 0 Å². The maximum Gasteiger partial charge on any atom is 0.0752 e. The van der Waals surface area contributed by atoms with Crippen LogP contribution < -0.4 is 0 Å². The molecule has 1 aliphatic rings. The fraction of sp³-hybridized carbons (Fsp3) is 1.00. The Morgan fingerprint density at radius 3 is 2.13 bits per heavy atom. The summed E-state index contributed by atoms with van der Waals surface area (Å²) in [7, 11) is -1.03. The molecule has 90 valence electrons. The highest BCUT2D eigenvalue weighted by atomic mass is 32.2. The van der Waals surface area contributed by atoms with Gasteiger partial charge in [-0.3, -0.25) is 0 Å². The second-order valence-electron chi connectivity index (χ2n) is 5.51. The molecule has 0 unspecified atom stereocenters. The van der Waals surface area contributed by atoms with Crippen molar-refractivity contribution in [2.24, 2.45) is 0 Å². The average Bonchev–Trinajstić information content (AvgIpc) is 2.18. The normalized spacial score (nSPS) is 21.6. The van der Waals surface area contributed by atoms with Gasteiger partial charge in [0, 0.05) is 0 Å². The van der Waals surface area contributed by atoms with E-state index in [0.717, 1.165) is 0 Å². The molecule has 1 heterocycles. The molecule has 0 aromatic carbocycles. The first-order valence-corrected chi connectivity index (χ1v) is 11.8. The summed E-state index contributed by atoms with van der Waals surface area (Å²) in [5.74, 6) is 2.81. The second kappa shape index (κ2) is 6.01. The van der Waals surface area contributed by atoms with Crippen molar-refractivity contribution in [2.75, 3.05) is 11.5 Å². The van der Waals surface area contributed by atoms with Gasteiger partial charge in [0.1, 0.15) is 0 Å². The van der Waals surface area contributed by atoms with E-state index in [4.69, 9.17) is 0 Å². The van der Waals surface area contributed by atoms with Crippen molar-refractivity contribution < 1.29 is 0 Å². The van der Waals surface area contributed by atoms with E-state index in [1.165, 1.54) is 43.6 Å². The molecule has 3 heteroatoms. The smallest absolute Gasteiger partial charge is 0.0752 e. The lowest BCUT2D eigenvalue weighted by Crippen LogP contribution is -2.48. The van der Waals surface area contributed by atoms with Crippen molar-refractivity contribution in [1.82, 2.24) is 0 Å². The van der Waals surface area contributed by atoms with Gasteiger partial charge in [-0.2, -0.15) is 0 Å². The Hall–Kier alpha value is 0.917. The molecule has 1 saturated heterocycles. The van der Waals surface area contributed by atoms with E-state index in [9.17, 15) is 0 Å². The second-order valence-corrected chi connectivity index (χ2v) is 14.6. The third-order valence-corrected chi connectivity index (χ3v) is 13.3. The summed E-state index contributed by atoms with van der Waals surface area (Å²) in [5, 5.41) is 0. The number of unbranched alkanes of at least 4 members (excludes halogenated alkanes) is 2. The molecule has 0 bridgehead atoms. The Morgan fingerprint density at radius 2 is 1.67 bits per heavy atom. The van der Waals surface area contributed by atoms with Gasteiger partial charge in [-0.15, -0.1) is 23.5 Å². The van der Waals surface area contributed by atoms with Gasteiger partial charge < -0.3 is 0 Å². The van der Waals surface area contributed by atoms with E-state index in [2.05, 4.69) is 50.1 Å². The van der Waals surface area contributed by atoms with Gasteiger partial charge in [-0.05, 0) is 24.3 Å². The van der Waals surface area contributed by atoms with Crippen LogP contribution >= 0.6 is 23.5 Å². The first-order chi connectivity index (χ1) is 7.02. The third kappa shape index (κ3) is 3.71. The Balaban J connectivity index is 2.59. The van der Waals surface area contributed by atoms with Crippen LogP contribution in [0.3, 0.4) is 0 Å². The van der Waals surface area contributed by atoms with Crippen LogP contribution in [0, 0.1) is 0 Å². The molecule has 0 aliphatic carbocycles. The molecular weight excluding hydrogens is 236 g/mol. The molecule has 0 saturated carbocycles. The van der Waals surface area contributed by atoms with Crippen LogP contribution in [0.2, 0.25) is 19.6 Å². The number of hydrogen-bond donors (Lipinski definition) is 0. The molecule has 0 spiro atoms. The molecule has 0 aromatic rings. The molecule has 15 heavy (non-hydrogen) atoms. The van der Waals surface area contributed by atoms with Gasteiger partial charge >= 0.3 is 0 Å². The lowest BCUT2D eigenvalue weighted by Gasteiger charge is -2.45. The maximum absolute atomic E-state index is 2.56. The summed E-state index contributed by atoms with van der Waals surface area (Å²) in [6.45, 7) is 9.99. The van der Waals surface area contributed by atoms with Crippen molar-refractivity contribution in [2.45, 2.75) is 62.4 Å². The predicted octanol–water partition coefficient (Wildman–Crippen LogP) is 5.01. The first kappa shape index (κ1) is 14.0. The monoisotopic (exact) mass is 262 g/mol. The van der Waals surface area contributed by atoms with E-state index in [-0.39, 0.29) is 0 Å². The van der Waals surface area contributed by atoms with Crippen LogP contribution in [0.4, 0.5) is 0 Å². The Labute approximate surface area is 105 Å². The van der Waals surface area contributed by atoms with Gasteiger partial charge in [-0.1, -0.05) is 45.8 Å². The summed E-state index contributed by atoms with van der Waals surface area (Å²) >= 11 is 4.59. The maximum atomic E-state index is 2.56. The van der Waals surface area contributed by atoms with Crippen molar-refractivity contribution in [3.63, 3.8) is 0 Å². The molecule has 1 rings (SSSR count). The number of thioether (sulfide) groups is 2. The van der Waals surface area contributed by atoms with Gasteiger partial charge in [-0.25, -0.2) is 0 Å². The van der Waals surface area contributed by atoms with Crippen molar-refractivity contribution >= 4 is 31.6 Å². The highest BCUT2D eigenvalue weighted by Gasteiger charge is 2.44. The molecule has 0 nitrogen and oxygen atoms in total. The van der Waals surface area contributed by atoms with Crippen LogP contribution in [0.25, 0.3) is 0 Å². The molecular formula is C12H26S2Si. The SMILES string of the molecule is CCCCCC1([Si](C)(C)C)SCCCS1. The van der Waals surface area contributed by atoms with Gasteiger partial charge in [0.2, 0.25) is 0 Å². The van der Waals surface area contributed by atoms with Crippen molar-refractivity contribution in [3.8, 4) is 0 Å². The molecule has 0 atom stereocenters. The van der Waals surface area contributed by atoms with Gasteiger partial charge in [0.25, 0.3) is 0 Å². The van der Waals surface area contributed by atoms with E-state index in [0.29, 0.717) is 3.70 Å². The first-order valence-electron chi connectivity index (χ1n) is 6.30. The summed E-state index contributed by atoms with van der Waals surface area (Å²) in [4.78, 5) is 0. The van der Waals surface area contributed by atoms with Crippen molar-refractivity contribution in [3.05, 3.63) is 0 Å². The summed E-state index contributed by atoms with van der Waals surface area (Å²) < 4.78 is 0.639. The summed E-state index contributed by atoms with van der Waals surface area (Å²) in [6.07, 6.45) is 7.12. The highest BCUT2D eigenvalue weighted by Crippen LogP contribution is 2.51. The quantitative estimate of drug-likeness (QED) is 0.504. The predicted molar refractivity (Wildman–Crippen MR) is 79.8 cm³/mol. The van der Waals surface area contributed by atoms with Crippen LogP contribution in [0.5, 0.6) is 0 Å². The summed E-state index contributed by atoms with van der Waals surface area (Å²) in [6, 6.07) is 0. The van der Waals surface area contributed by atoms with Crippen LogP contribution in [-0.4, -0.2) is 23.3 Å². The highest BCUT2D eigenvalue weighted by molar-refractivity contribution is 8.21. The molecule has 0 N–H and O–H groups in total. The zero-order valence-corrected chi connectivity index (χ0v) is 13.4. The Morgan fingerprint density at radius 1 is 1.07 bits per heavy atom. The van der Waals surface area contributed by atoms with Crippen LogP contribution in [-0.2, 0) is 0 Å². The molecule has 1 fully saturated rings. The third-order valence-electron chi connectivity index (χ3n) is 3.21. The van der Waals surface area contributed by atoms with Gasteiger partial charge in [0.15, 0.2) is 0 Å². The minimum atomic E-state index is -1.03. The van der Waals surface area contributed by atoms with Gasteiger partial charge in [0.05, 0.1) is 11.8 Å². The minimum Gasteiger partial charge on any atom is -0.148 e. The lowest BCUT2D eigenvalue weighted by molar-refractivity contribution is 0.673. The largest absolute Gasteiger partial charge is 0.148 e. The zero-order valence-electron chi connectivity index (χ0n) is 10.8. The molecule has 0 radical (unpaired) electrons. The fourth-order valence-electron chi connectivity index (χ4n) is 2.13. The molecule has 1 aliphatic heterocycles.